The molecule has 1 aliphatic rings. The molecule has 0 atom stereocenters. The van der Waals surface area contributed by atoms with Crippen LogP contribution in [-0.4, -0.2) is 54.0 Å². The largest absolute Gasteiger partial charge is 0.369 e. The van der Waals surface area contributed by atoms with E-state index in [2.05, 4.69) is 49.6 Å². The molecule has 2 aromatic carbocycles. The van der Waals surface area contributed by atoms with Gasteiger partial charge in [-0.3, -0.25) is 4.79 Å². The van der Waals surface area contributed by atoms with E-state index >= 15 is 0 Å². The third-order valence-electron chi connectivity index (χ3n) is 5.22. The van der Waals surface area contributed by atoms with Crippen LogP contribution >= 0.6 is 0 Å². The van der Waals surface area contributed by atoms with Crippen molar-refractivity contribution < 1.29 is 9.18 Å². The number of halogens is 1. The van der Waals surface area contributed by atoms with Crippen LogP contribution < -0.4 is 15.5 Å². The highest BCUT2D eigenvalue weighted by Gasteiger charge is 2.14. The van der Waals surface area contributed by atoms with Crippen molar-refractivity contribution in [2.75, 3.05) is 48.8 Å². The lowest BCUT2D eigenvalue weighted by Crippen LogP contribution is -2.44. The average molecular weight is 433 g/mol. The first-order valence-corrected chi connectivity index (χ1v) is 10.4. The minimum absolute atomic E-state index is 0.318. The Balaban J connectivity index is 1.34. The molecule has 0 bridgehead atoms. The maximum Gasteiger partial charge on any atom is 0.249 e. The quantitative estimate of drug-likeness (QED) is 0.578. The summed E-state index contributed by atoms with van der Waals surface area (Å²) in [5.74, 6) is 0.299. The van der Waals surface area contributed by atoms with E-state index < -0.39 is 0 Å². The van der Waals surface area contributed by atoms with Gasteiger partial charge in [-0.2, -0.15) is 0 Å². The molecule has 3 aromatic rings. The Labute approximate surface area is 186 Å². The number of nitrogens with zero attached hydrogens (tertiary/aromatic N) is 4. The third-order valence-corrected chi connectivity index (χ3v) is 5.22. The fourth-order valence-corrected chi connectivity index (χ4v) is 3.38. The second-order valence-corrected chi connectivity index (χ2v) is 7.62. The molecule has 32 heavy (non-hydrogen) atoms. The van der Waals surface area contributed by atoms with Gasteiger partial charge in [0.1, 0.15) is 23.8 Å². The molecule has 4 rings (SSSR count). The molecule has 7 nitrogen and oxygen atoms in total. The molecule has 0 saturated carbocycles. The molecule has 164 valence electrons. The molecule has 8 heteroatoms. The van der Waals surface area contributed by atoms with Crippen LogP contribution in [0.2, 0.25) is 0 Å². The van der Waals surface area contributed by atoms with Crippen LogP contribution in [0.4, 0.5) is 27.4 Å². The summed E-state index contributed by atoms with van der Waals surface area (Å²) in [7, 11) is 2.14. The Morgan fingerprint density at radius 3 is 2.38 bits per heavy atom. The van der Waals surface area contributed by atoms with Gasteiger partial charge in [-0.05, 0) is 55.1 Å². The zero-order valence-electron chi connectivity index (χ0n) is 17.8. The molecule has 1 aromatic heterocycles. The first-order chi connectivity index (χ1) is 15.5. The van der Waals surface area contributed by atoms with Crippen molar-refractivity contribution in [1.29, 1.82) is 0 Å². The van der Waals surface area contributed by atoms with Gasteiger partial charge in [-0.15, -0.1) is 0 Å². The number of carbonyl (C=O) groups is 1. The highest BCUT2D eigenvalue weighted by atomic mass is 19.1. The zero-order chi connectivity index (χ0) is 22.3. The van der Waals surface area contributed by atoms with Crippen LogP contribution in [0.1, 0.15) is 5.56 Å². The van der Waals surface area contributed by atoms with Gasteiger partial charge < -0.3 is 20.4 Å². The van der Waals surface area contributed by atoms with Gasteiger partial charge in [0.2, 0.25) is 5.91 Å². The van der Waals surface area contributed by atoms with Gasteiger partial charge in [0.25, 0.3) is 0 Å². The Kier molecular flexibility index (Phi) is 6.72. The summed E-state index contributed by atoms with van der Waals surface area (Å²) in [5, 5.41) is 5.94. The SMILES string of the molecule is CN1CCN(c2ccc(Nc3cc(NC(=O)/C=C/c4ccc(F)cc4)ncn3)cc2)CC1. The van der Waals surface area contributed by atoms with E-state index in [1.807, 2.05) is 12.1 Å². The van der Waals surface area contributed by atoms with Crippen molar-refractivity contribution in [2.24, 2.45) is 0 Å². The molecular weight excluding hydrogens is 407 g/mol. The first-order valence-electron chi connectivity index (χ1n) is 10.4. The lowest BCUT2D eigenvalue weighted by atomic mass is 10.2. The Bertz CT molecular complexity index is 1080. The number of carbonyl (C=O) groups excluding carboxylic acids is 1. The molecular formula is C24H25FN6O. The molecule has 1 saturated heterocycles. The number of amides is 1. The molecule has 0 radical (unpaired) electrons. The van der Waals surface area contributed by atoms with Crippen LogP contribution in [0.15, 0.2) is 67.0 Å². The van der Waals surface area contributed by atoms with Gasteiger partial charge in [0.05, 0.1) is 0 Å². The number of aromatic nitrogens is 2. The summed E-state index contributed by atoms with van der Waals surface area (Å²) in [5.41, 5.74) is 2.83. The summed E-state index contributed by atoms with van der Waals surface area (Å²) in [6, 6.07) is 15.8. The number of likely N-dealkylation sites (N-methyl/N-ethyl adjacent to an activating group) is 1. The van der Waals surface area contributed by atoms with E-state index in [1.165, 1.54) is 30.2 Å². The Hall–Kier alpha value is -3.78. The molecule has 1 fully saturated rings. The molecule has 2 N–H and O–H groups in total. The number of rotatable bonds is 6. The normalized spacial score (nSPS) is 14.5. The topological polar surface area (TPSA) is 73.4 Å². The van der Waals surface area contributed by atoms with Crippen LogP contribution in [0.5, 0.6) is 0 Å². The van der Waals surface area contributed by atoms with Crippen LogP contribution in [-0.2, 0) is 4.79 Å². The molecule has 0 spiro atoms. The first kappa shape index (κ1) is 21.5. The van der Waals surface area contributed by atoms with E-state index in [9.17, 15) is 9.18 Å². The lowest BCUT2D eigenvalue weighted by Gasteiger charge is -2.34. The number of anilines is 4. The zero-order valence-corrected chi connectivity index (χ0v) is 17.8. The van der Waals surface area contributed by atoms with Gasteiger partial charge in [-0.25, -0.2) is 14.4 Å². The minimum Gasteiger partial charge on any atom is -0.369 e. The molecule has 1 amide bonds. The highest BCUT2D eigenvalue weighted by Crippen LogP contribution is 2.22. The monoisotopic (exact) mass is 432 g/mol. The average Bonchev–Trinajstić information content (AvgIpc) is 2.80. The fraction of sp³-hybridized carbons (Fsp3) is 0.208. The number of hydrogen-bond donors (Lipinski definition) is 2. The predicted octanol–water partition coefficient (Wildman–Crippen LogP) is 3.76. The van der Waals surface area contributed by atoms with Gasteiger partial charge in [0.15, 0.2) is 0 Å². The van der Waals surface area contributed by atoms with E-state index in [0.29, 0.717) is 11.6 Å². The minimum atomic E-state index is -0.337. The van der Waals surface area contributed by atoms with Gasteiger partial charge in [0, 0.05) is 49.7 Å². The maximum atomic E-state index is 13.0. The van der Waals surface area contributed by atoms with Crippen molar-refractivity contribution in [2.45, 2.75) is 0 Å². The Morgan fingerprint density at radius 1 is 0.969 bits per heavy atom. The van der Waals surface area contributed by atoms with Crippen LogP contribution in [0, 0.1) is 5.82 Å². The summed E-state index contributed by atoms with van der Waals surface area (Å²) in [4.78, 5) is 25.2. The van der Waals surface area contributed by atoms with E-state index in [1.54, 1.807) is 24.3 Å². The number of piperazine rings is 1. The maximum absolute atomic E-state index is 13.0. The summed E-state index contributed by atoms with van der Waals surface area (Å²) in [6.45, 7) is 4.17. The third kappa shape index (κ3) is 5.89. The van der Waals surface area contributed by atoms with Gasteiger partial charge in [-0.1, -0.05) is 12.1 Å². The van der Waals surface area contributed by atoms with E-state index in [-0.39, 0.29) is 11.7 Å². The molecule has 0 aliphatic carbocycles. The summed E-state index contributed by atoms with van der Waals surface area (Å²) >= 11 is 0. The van der Waals surface area contributed by atoms with Crippen molar-refractivity contribution in [3.63, 3.8) is 0 Å². The Morgan fingerprint density at radius 2 is 1.66 bits per heavy atom. The summed E-state index contributed by atoms with van der Waals surface area (Å²) in [6.07, 6.45) is 4.37. The lowest BCUT2D eigenvalue weighted by molar-refractivity contribution is -0.111. The fourth-order valence-electron chi connectivity index (χ4n) is 3.38. The van der Waals surface area contributed by atoms with Crippen molar-refractivity contribution in [3.05, 3.63) is 78.4 Å². The second kappa shape index (κ2) is 10.0. The van der Waals surface area contributed by atoms with E-state index in [0.717, 1.165) is 37.4 Å². The number of nitrogens with one attached hydrogen (secondary N) is 2. The van der Waals surface area contributed by atoms with E-state index in [4.69, 9.17) is 0 Å². The van der Waals surface area contributed by atoms with Gasteiger partial charge >= 0.3 is 0 Å². The number of hydrogen-bond acceptors (Lipinski definition) is 6. The van der Waals surface area contributed by atoms with Crippen LogP contribution in [0.25, 0.3) is 6.08 Å². The van der Waals surface area contributed by atoms with Crippen molar-refractivity contribution in [1.82, 2.24) is 14.9 Å². The van der Waals surface area contributed by atoms with Crippen LogP contribution in [0.3, 0.4) is 0 Å². The molecule has 1 aliphatic heterocycles. The second-order valence-electron chi connectivity index (χ2n) is 7.62. The molecule has 2 heterocycles. The smallest absolute Gasteiger partial charge is 0.249 e. The number of benzene rings is 2. The predicted molar refractivity (Wildman–Crippen MR) is 126 cm³/mol. The highest BCUT2D eigenvalue weighted by molar-refractivity contribution is 6.01. The van der Waals surface area contributed by atoms with Crippen molar-refractivity contribution in [3.8, 4) is 0 Å². The summed E-state index contributed by atoms with van der Waals surface area (Å²) < 4.78 is 13.0. The molecule has 0 unspecified atom stereocenters. The standard InChI is InChI=1S/C24H25FN6O/c1-30-12-14-31(15-13-30)21-9-7-20(8-10-21)28-22-16-23(27-17-26-22)29-24(32)11-4-18-2-5-19(25)6-3-18/h2-11,16-17H,12-15H2,1H3,(H2,26,27,28,29,32)/b11-4+. The van der Waals surface area contributed by atoms with Crippen molar-refractivity contribution >= 4 is 35.0 Å².